The lowest BCUT2D eigenvalue weighted by Crippen LogP contribution is -2.34. The first-order valence-electron chi connectivity index (χ1n) is 4.43. The van der Waals surface area contributed by atoms with Crippen LogP contribution in [0.15, 0.2) is 0 Å². The second-order valence-corrected chi connectivity index (χ2v) is 3.04. The molecule has 0 aliphatic heterocycles. The number of halogens is 3. The molecule has 0 rings (SSSR count). The highest BCUT2D eigenvalue weighted by atomic mass is 19.4. The van der Waals surface area contributed by atoms with Crippen molar-refractivity contribution in [1.82, 2.24) is 5.32 Å². The van der Waals surface area contributed by atoms with Gasteiger partial charge in [-0.1, -0.05) is 0 Å². The highest BCUT2D eigenvalue weighted by Gasteiger charge is 2.27. The third-order valence-electron chi connectivity index (χ3n) is 1.55. The molecule has 0 aliphatic rings. The molecule has 0 radical (unpaired) electrons. The summed E-state index contributed by atoms with van der Waals surface area (Å²) >= 11 is 0. The minimum Gasteiger partial charge on any atom is -0.480 e. The number of aliphatic carboxylic acids is 1. The van der Waals surface area contributed by atoms with Gasteiger partial charge in [-0.2, -0.15) is 13.2 Å². The second kappa shape index (κ2) is 6.62. The van der Waals surface area contributed by atoms with E-state index in [1.807, 2.05) is 0 Å². The molecule has 4 nitrogen and oxygen atoms in total. The lowest BCUT2D eigenvalue weighted by Gasteiger charge is -2.10. The number of alkyl halides is 3. The third kappa shape index (κ3) is 9.48. The Hall–Kier alpha value is -0.820. The molecule has 0 amide bonds. The molecule has 90 valence electrons. The van der Waals surface area contributed by atoms with E-state index in [1.165, 1.54) is 6.92 Å². The zero-order chi connectivity index (χ0) is 11.9. The number of rotatable bonds is 7. The molecule has 15 heavy (non-hydrogen) atoms. The first kappa shape index (κ1) is 14.2. The van der Waals surface area contributed by atoms with Crippen molar-refractivity contribution in [2.24, 2.45) is 0 Å². The third-order valence-corrected chi connectivity index (χ3v) is 1.55. The molecule has 0 bridgehead atoms. The van der Waals surface area contributed by atoms with Crippen molar-refractivity contribution in [2.75, 3.05) is 19.8 Å². The second-order valence-electron chi connectivity index (χ2n) is 3.04. The Balaban J connectivity index is 3.29. The summed E-state index contributed by atoms with van der Waals surface area (Å²) < 4.78 is 39.1. The summed E-state index contributed by atoms with van der Waals surface area (Å²) in [6, 6.07) is -0.701. The van der Waals surface area contributed by atoms with Gasteiger partial charge in [-0.15, -0.1) is 0 Å². The smallest absolute Gasteiger partial charge is 0.411 e. The molecule has 2 N–H and O–H groups in total. The number of hydrogen-bond donors (Lipinski definition) is 2. The molecular weight excluding hydrogens is 215 g/mol. The standard InChI is InChI=1S/C8H14F3NO3/c1-6(7(13)14)12-3-2-4-15-5-8(9,10)11/h6,12H,2-5H2,1H3,(H,13,14)/t6-/m1/s1. The maximum atomic E-state index is 11.6. The van der Waals surface area contributed by atoms with Crippen LogP contribution in [0.2, 0.25) is 0 Å². The van der Waals surface area contributed by atoms with Gasteiger partial charge >= 0.3 is 12.1 Å². The van der Waals surface area contributed by atoms with Crippen LogP contribution in [0, 0.1) is 0 Å². The molecule has 0 fully saturated rings. The first-order chi connectivity index (χ1) is 6.83. The summed E-state index contributed by atoms with van der Waals surface area (Å²) in [7, 11) is 0. The molecule has 0 saturated carbocycles. The van der Waals surface area contributed by atoms with E-state index < -0.39 is 24.8 Å². The summed E-state index contributed by atoms with van der Waals surface area (Å²) in [6.45, 7) is 0.463. The Morgan fingerprint density at radius 2 is 2.13 bits per heavy atom. The van der Waals surface area contributed by atoms with Crippen molar-refractivity contribution in [2.45, 2.75) is 25.6 Å². The van der Waals surface area contributed by atoms with Gasteiger partial charge in [0.25, 0.3) is 0 Å². The summed E-state index contributed by atoms with van der Waals surface area (Å²) in [5.74, 6) is -0.994. The fourth-order valence-electron chi connectivity index (χ4n) is 0.768. The molecule has 7 heteroatoms. The number of carbonyl (C=O) groups is 1. The molecule has 0 aromatic heterocycles. The van der Waals surface area contributed by atoms with E-state index in [0.29, 0.717) is 13.0 Å². The van der Waals surface area contributed by atoms with E-state index in [9.17, 15) is 18.0 Å². The van der Waals surface area contributed by atoms with Gasteiger partial charge in [0.1, 0.15) is 12.6 Å². The zero-order valence-electron chi connectivity index (χ0n) is 8.30. The van der Waals surface area contributed by atoms with Crippen molar-refractivity contribution in [3.8, 4) is 0 Å². The fraction of sp³-hybridized carbons (Fsp3) is 0.875. The minimum atomic E-state index is -4.30. The van der Waals surface area contributed by atoms with Crippen LogP contribution in [0.3, 0.4) is 0 Å². The van der Waals surface area contributed by atoms with Gasteiger partial charge in [-0.05, 0) is 19.9 Å². The average Bonchev–Trinajstić information content (AvgIpc) is 2.08. The highest BCUT2D eigenvalue weighted by molar-refractivity contribution is 5.72. The van der Waals surface area contributed by atoms with Crippen molar-refractivity contribution in [1.29, 1.82) is 0 Å². The zero-order valence-corrected chi connectivity index (χ0v) is 8.30. The van der Waals surface area contributed by atoms with Gasteiger partial charge in [0, 0.05) is 6.61 Å². The Kier molecular flexibility index (Phi) is 6.26. The number of carboxylic acid groups (broad SMARTS) is 1. The quantitative estimate of drug-likeness (QED) is 0.640. The highest BCUT2D eigenvalue weighted by Crippen LogP contribution is 2.14. The van der Waals surface area contributed by atoms with Gasteiger partial charge in [0.15, 0.2) is 0 Å². The van der Waals surface area contributed by atoms with Crippen molar-refractivity contribution < 1.29 is 27.8 Å². The van der Waals surface area contributed by atoms with Crippen LogP contribution in [0.1, 0.15) is 13.3 Å². The summed E-state index contributed by atoms with van der Waals surface area (Å²) in [5, 5.41) is 11.1. The lowest BCUT2D eigenvalue weighted by molar-refractivity contribution is -0.173. The molecule has 0 heterocycles. The number of ether oxygens (including phenoxy) is 1. The van der Waals surface area contributed by atoms with Crippen LogP contribution in [0.4, 0.5) is 13.2 Å². The predicted octanol–water partition coefficient (Wildman–Crippen LogP) is 1.02. The van der Waals surface area contributed by atoms with Crippen LogP contribution >= 0.6 is 0 Å². The summed E-state index contributed by atoms with van der Waals surface area (Å²) in [6.07, 6.45) is -3.96. The largest absolute Gasteiger partial charge is 0.480 e. The number of nitrogens with one attached hydrogen (secondary N) is 1. The topological polar surface area (TPSA) is 58.6 Å². The summed E-state index contributed by atoms with van der Waals surface area (Å²) in [5.41, 5.74) is 0. The van der Waals surface area contributed by atoms with Crippen molar-refractivity contribution in [3.05, 3.63) is 0 Å². The Morgan fingerprint density at radius 1 is 1.53 bits per heavy atom. The number of carboxylic acids is 1. The molecule has 0 aromatic carbocycles. The van der Waals surface area contributed by atoms with E-state index in [1.54, 1.807) is 0 Å². The fourth-order valence-corrected chi connectivity index (χ4v) is 0.768. The molecular formula is C8H14F3NO3. The van der Waals surface area contributed by atoms with E-state index in [4.69, 9.17) is 5.11 Å². The maximum absolute atomic E-state index is 11.6. The molecule has 1 atom stereocenters. The Morgan fingerprint density at radius 3 is 2.60 bits per heavy atom. The molecule has 0 spiro atoms. The van der Waals surface area contributed by atoms with Gasteiger partial charge in [-0.25, -0.2) is 0 Å². The number of hydrogen-bond acceptors (Lipinski definition) is 3. The summed E-state index contributed by atoms with van der Waals surface area (Å²) in [4.78, 5) is 10.3. The van der Waals surface area contributed by atoms with Gasteiger partial charge in [0.2, 0.25) is 0 Å². The Bertz CT molecular complexity index is 196. The van der Waals surface area contributed by atoms with Crippen molar-refractivity contribution in [3.63, 3.8) is 0 Å². The SMILES string of the molecule is C[C@@H](NCCCOCC(F)(F)F)C(=O)O. The van der Waals surface area contributed by atoms with Crippen LogP contribution in [-0.2, 0) is 9.53 Å². The van der Waals surface area contributed by atoms with Crippen LogP contribution in [0.5, 0.6) is 0 Å². The average molecular weight is 229 g/mol. The minimum absolute atomic E-state index is 0.0428. The van der Waals surface area contributed by atoms with Gasteiger partial charge < -0.3 is 15.2 Å². The van der Waals surface area contributed by atoms with Crippen LogP contribution in [0.25, 0.3) is 0 Å². The molecule has 0 unspecified atom stereocenters. The van der Waals surface area contributed by atoms with Crippen LogP contribution in [-0.4, -0.2) is 43.1 Å². The monoisotopic (exact) mass is 229 g/mol. The maximum Gasteiger partial charge on any atom is 0.411 e. The Labute approximate surface area is 85.4 Å². The molecule has 0 saturated heterocycles. The normalized spacial score (nSPS) is 13.9. The van der Waals surface area contributed by atoms with Gasteiger partial charge in [-0.3, -0.25) is 4.79 Å². The van der Waals surface area contributed by atoms with Crippen molar-refractivity contribution >= 4 is 5.97 Å². The lowest BCUT2D eigenvalue weighted by atomic mass is 10.3. The predicted molar refractivity (Wildman–Crippen MR) is 46.6 cm³/mol. The van der Waals surface area contributed by atoms with Crippen LogP contribution < -0.4 is 5.32 Å². The van der Waals surface area contributed by atoms with E-state index >= 15 is 0 Å². The first-order valence-corrected chi connectivity index (χ1v) is 4.43. The van der Waals surface area contributed by atoms with E-state index in [-0.39, 0.29) is 6.61 Å². The van der Waals surface area contributed by atoms with E-state index in [2.05, 4.69) is 10.1 Å². The molecule has 0 aromatic rings. The van der Waals surface area contributed by atoms with Gasteiger partial charge in [0.05, 0.1) is 0 Å². The molecule has 0 aliphatic carbocycles. The van der Waals surface area contributed by atoms with E-state index in [0.717, 1.165) is 0 Å².